The van der Waals surface area contributed by atoms with Crippen LogP contribution in [0.2, 0.25) is 0 Å². The number of carboxylic acids is 1. The first kappa shape index (κ1) is 19.1. The molecule has 2 heterocycles. The van der Waals surface area contributed by atoms with E-state index < -0.39 is 11.6 Å². The van der Waals surface area contributed by atoms with Crippen molar-refractivity contribution in [2.24, 2.45) is 0 Å². The number of hydrogen-bond acceptors (Lipinski definition) is 5. The number of pyridine rings is 1. The summed E-state index contributed by atoms with van der Waals surface area (Å²) in [5.74, 6) is -0.262. The zero-order valence-corrected chi connectivity index (χ0v) is 15.8. The molecule has 0 unspecified atom stereocenters. The molecule has 0 spiro atoms. The van der Waals surface area contributed by atoms with Crippen LogP contribution in [0.5, 0.6) is 5.75 Å². The van der Waals surface area contributed by atoms with Crippen molar-refractivity contribution < 1.29 is 24.1 Å². The summed E-state index contributed by atoms with van der Waals surface area (Å²) in [6.45, 7) is 0.794. The minimum Gasteiger partial charge on any atom is -0.489 e. The van der Waals surface area contributed by atoms with Crippen molar-refractivity contribution in [3.63, 3.8) is 0 Å². The summed E-state index contributed by atoms with van der Waals surface area (Å²) in [5, 5.41) is 8.87. The van der Waals surface area contributed by atoms with Gasteiger partial charge in [-0.05, 0) is 52.6 Å². The second-order valence-corrected chi connectivity index (χ2v) is 6.92. The molecule has 1 aliphatic rings. The number of benzene rings is 2. The van der Waals surface area contributed by atoms with E-state index in [1.54, 1.807) is 12.4 Å². The molecule has 6 nitrogen and oxygen atoms in total. The third-order valence-corrected chi connectivity index (χ3v) is 4.87. The highest BCUT2D eigenvalue weighted by atomic mass is 16.6. The lowest BCUT2D eigenvalue weighted by molar-refractivity contribution is -0.220. The predicted molar refractivity (Wildman–Crippen MR) is 107 cm³/mol. The summed E-state index contributed by atoms with van der Waals surface area (Å²) in [7, 11) is 0. The molecule has 0 saturated carbocycles. The Kier molecular flexibility index (Phi) is 5.55. The molecule has 4 rings (SSSR count). The zero-order chi connectivity index (χ0) is 20.1. The third kappa shape index (κ3) is 4.45. The van der Waals surface area contributed by atoms with Crippen LogP contribution in [0.3, 0.4) is 0 Å². The van der Waals surface area contributed by atoms with Crippen molar-refractivity contribution in [2.45, 2.75) is 12.2 Å². The highest BCUT2D eigenvalue weighted by Crippen LogP contribution is 2.34. The smallest absolute Gasteiger partial charge is 0.329 e. The number of aromatic nitrogens is 1. The molecule has 6 heteroatoms. The van der Waals surface area contributed by atoms with E-state index in [0.29, 0.717) is 19.8 Å². The van der Waals surface area contributed by atoms with Crippen molar-refractivity contribution in [3.05, 3.63) is 84.2 Å². The highest BCUT2D eigenvalue weighted by Gasteiger charge is 2.42. The lowest BCUT2D eigenvalue weighted by atomic mass is 9.91. The molecular formula is C23H21NO5. The largest absolute Gasteiger partial charge is 0.489 e. The second-order valence-electron chi connectivity index (χ2n) is 6.92. The van der Waals surface area contributed by atoms with Gasteiger partial charge in [0.25, 0.3) is 0 Å². The molecular weight excluding hydrogens is 370 g/mol. The quantitative estimate of drug-likeness (QED) is 0.632. The summed E-state index contributed by atoms with van der Waals surface area (Å²) in [6, 6.07) is 19.7. The van der Waals surface area contributed by atoms with Gasteiger partial charge >= 0.3 is 5.97 Å². The van der Waals surface area contributed by atoms with Gasteiger partial charge in [0.2, 0.25) is 0 Å². The topological polar surface area (TPSA) is 77.9 Å². The van der Waals surface area contributed by atoms with E-state index in [2.05, 4.69) is 17.1 Å². The Morgan fingerprint density at radius 1 is 1.03 bits per heavy atom. The summed E-state index contributed by atoms with van der Waals surface area (Å²) in [5.41, 5.74) is 3.50. The van der Waals surface area contributed by atoms with Gasteiger partial charge in [-0.2, -0.15) is 0 Å². The summed E-state index contributed by atoms with van der Waals surface area (Å²) in [4.78, 5) is 14.9. The molecule has 1 fully saturated rings. The van der Waals surface area contributed by atoms with E-state index in [-0.39, 0.29) is 6.61 Å². The van der Waals surface area contributed by atoms with Gasteiger partial charge in [-0.25, -0.2) is 4.79 Å². The number of ether oxygens (including phenoxy) is 3. The molecule has 2 aromatic carbocycles. The Morgan fingerprint density at radius 3 is 2.45 bits per heavy atom. The lowest BCUT2D eigenvalue weighted by Gasteiger charge is -2.41. The fourth-order valence-electron chi connectivity index (χ4n) is 3.23. The van der Waals surface area contributed by atoms with E-state index in [0.717, 1.165) is 28.0 Å². The fraction of sp³-hybridized carbons (Fsp3) is 0.217. The molecule has 0 amide bonds. The first-order valence-corrected chi connectivity index (χ1v) is 9.31. The van der Waals surface area contributed by atoms with Crippen LogP contribution in [-0.4, -0.2) is 35.9 Å². The van der Waals surface area contributed by atoms with Crippen molar-refractivity contribution in [3.8, 4) is 16.9 Å². The van der Waals surface area contributed by atoms with E-state index in [4.69, 9.17) is 19.3 Å². The minimum atomic E-state index is -0.995. The van der Waals surface area contributed by atoms with Crippen LogP contribution in [0.25, 0.3) is 11.1 Å². The zero-order valence-electron chi connectivity index (χ0n) is 15.8. The van der Waals surface area contributed by atoms with Gasteiger partial charge in [0.1, 0.15) is 24.6 Å². The van der Waals surface area contributed by atoms with Crippen LogP contribution >= 0.6 is 0 Å². The van der Waals surface area contributed by atoms with Crippen molar-refractivity contribution in [1.29, 1.82) is 0 Å². The predicted octanol–water partition coefficient (Wildman–Crippen LogP) is 3.65. The van der Waals surface area contributed by atoms with E-state index in [9.17, 15) is 4.79 Å². The van der Waals surface area contributed by atoms with Crippen LogP contribution in [-0.2, 0) is 26.5 Å². The number of nitrogens with zero attached hydrogens (tertiary/aromatic N) is 1. The molecule has 29 heavy (non-hydrogen) atoms. The standard InChI is InChI=1S/C23H21NO5/c25-22(26)14-29-23(15-27-16-23)20-4-6-21(7-5-20)28-13-17-2-1-3-19(12-17)18-8-10-24-11-9-18/h1-12H,13-16H2,(H,25,26). The molecule has 1 saturated heterocycles. The molecule has 1 aromatic heterocycles. The average Bonchev–Trinajstić information content (AvgIpc) is 2.73. The van der Waals surface area contributed by atoms with Gasteiger partial charge in [0.05, 0.1) is 13.2 Å². The molecule has 0 aliphatic carbocycles. The normalized spacial score (nSPS) is 14.8. The van der Waals surface area contributed by atoms with Crippen LogP contribution in [0, 0.1) is 0 Å². The Balaban J connectivity index is 1.40. The van der Waals surface area contributed by atoms with Crippen LogP contribution < -0.4 is 4.74 Å². The van der Waals surface area contributed by atoms with Gasteiger partial charge in [-0.1, -0.05) is 30.3 Å². The summed E-state index contributed by atoms with van der Waals surface area (Å²) in [6.07, 6.45) is 3.56. The van der Waals surface area contributed by atoms with Gasteiger partial charge in [-0.15, -0.1) is 0 Å². The average molecular weight is 391 g/mol. The van der Waals surface area contributed by atoms with Crippen LogP contribution in [0.15, 0.2) is 73.1 Å². The number of rotatable bonds is 8. The lowest BCUT2D eigenvalue weighted by Crippen LogP contribution is -2.49. The number of aliphatic carboxylic acids is 1. The molecule has 1 aliphatic heterocycles. The summed E-state index contributed by atoms with van der Waals surface area (Å²) < 4.78 is 16.7. The SMILES string of the molecule is O=C(O)COC1(c2ccc(OCc3cccc(-c4ccncc4)c3)cc2)COC1. The maximum absolute atomic E-state index is 10.8. The first-order valence-electron chi connectivity index (χ1n) is 9.31. The molecule has 0 atom stereocenters. The monoisotopic (exact) mass is 391 g/mol. The Labute approximate surface area is 168 Å². The maximum atomic E-state index is 10.8. The van der Waals surface area contributed by atoms with Crippen molar-refractivity contribution in [2.75, 3.05) is 19.8 Å². The van der Waals surface area contributed by atoms with E-state index >= 15 is 0 Å². The Hall–Kier alpha value is -3.22. The Morgan fingerprint density at radius 2 is 1.79 bits per heavy atom. The Bertz CT molecular complexity index is 968. The fourth-order valence-corrected chi connectivity index (χ4v) is 3.23. The minimum absolute atomic E-state index is 0.349. The van der Waals surface area contributed by atoms with Crippen LogP contribution in [0.4, 0.5) is 0 Å². The molecule has 0 radical (unpaired) electrons. The number of hydrogen-bond donors (Lipinski definition) is 1. The molecule has 0 bridgehead atoms. The van der Waals surface area contributed by atoms with Gasteiger partial charge in [0.15, 0.2) is 0 Å². The van der Waals surface area contributed by atoms with E-state index in [1.165, 1.54) is 0 Å². The van der Waals surface area contributed by atoms with Crippen molar-refractivity contribution >= 4 is 5.97 Å². The second kappa shape index (κ2) is 8.43. The number of carboxylic acid groups (broad SMARTS) is 1. The number of carbonyl (C=O) groups is 1. The highest BCUT2D eigenvalue weighted by molar-refractivity contribution is 5.68. The third-order valence-electron chi connectivity index (χ3n) is 4.87. The van der Waals surface area contributed by atoms with Crippen molar-refractivity contribution in [1.82, 2.24) is 4.98 Å². The molecule has 1 N–H and O–H groups in total. The van der Waals surface area contributed by atoms with Gasteiger partial charge in [-0.3, -0.25) is 4.98 Å². The molecule has 3 aromatic rings. The summed E-state index contributed by atoms with van der Waals surface area (Å²) >= 11 is 0. The van der Waals surface area contributed by atoms with Gasteiger partial charge < -0.3 is 19.3 Å². The first-order chi connectivity index (χ1) is 14.1. The van der Waals surface area contributed by atoms with Gasteiger partial charge in [0, 0.05) is 12.4 Å². The maximum Gasteiger partial charge on any atom is 0.329 e. The van der Waals surface area contributed by atoms with E-state index in [1.807, 2.05) is 48.5 Å². The molecule has 148 valence electrons. The van der Waals surface area contributed by atoms with Crippen LogP contribution in [0.1, 0.15) is 11.1 Å².